The zero-order chi connectivity index (χ0) is 9.07. The van der Waals surface area contributed by atoms with Crippen LogP contribution in [0.5, 0.6) is 0 Å². The Bertz CT molecular complexity index is 192. The molecule has 66 valence electrons. The summed E-state index contributed by atoms with van der Waals surface area (Å²) in [6, 6.07) is -1.07. The summed E-state index contributed by atoms with van der Waals surface area (Å²) in [5, 5.41) is 8.26. The van der Waals surface area contributed by atoms with Crippen molar-refractivity contribution in [2.24, 2.45) is 5.73 Å². The number of carboxylic acids is 1. The molecule has 0 saturated carbocycles. The second-order valence-corrected chi connectivity index (χ2v) is 4.95. The molecule has 0 aromatic heterocycles. The van der Waals surface area contributed by atoms with Crippen LogP contribution < -0.4 is 62.0 Å². The number of carboxylic acid groups (broad SMARTS) is 1. The molecule has 0 aromatic carbocycles. The van der Waals surface area contributed by atoms with Crippen LogP contribution in [-0.2, 0) is 9.36 Å². The van der Waals surface area contributed by atoms with Gasteiger partial charge < -0.3 is 20.3 Å². The molecule has 0 amide bonds. The number of hydrogen-bond donors (Lipinski definition) is 2. The standard InChI is InChI=1S/C5H12NO4P.K/c1-11(9,10)3-2-4(6)5(7)8;/h4H,2-3,6H2,1H3,(H,7,8)(H,9,10);/q;+1/p-1. The summed E-state index contributed by atoms with van der Waals surface area (Å²) >= 11 is 0. The quantitative estimate of drug-likeness (QED) is 0.371. The third-order valence-electron chi connectivity index (χ3n) is 1.16. The van der Waals surface area contributed by atoms with E-state index in [1.165, 1.54) is 0 Å². The maximum atomic E-state index is 10.5. The predicted molar refractivity (Wildman–Crippen MR) is 38.6 cm³/mol. The van der Waals surface area contributed by atoms with Crippen molar-refractivity contribution in [2.75, 3.05) is 12.8 Å². The molecular formula is C5H11KNO4P. The molecule has 0 aliphatic carbocycles. The summed E-state index contributed by atoms with van der Waals surface area (Å²) in [6.07, 6.45) is -0.174. The van der Waals surface area contributed by atoms with Gasteiger partial charge in [-0.2, -0.15) is 0 Å². The molecule has 0 aromatic rings. The van der Waals surface area contributed by atoms with Gasteiger partial charge in [-0.25, -0.2) is 0 Å². The van der Waals surface area contributed by atoms with Crippen LogP contribution in [0.3, 0.4) is 0 Å². The number of carbonyl (C=O) groups is 1. The van der Waals surface area contributed by atoms with E-state index in [0.29, 0.717) is 0 Å². The number of nitrogens with two attached hydrogens (primary N) is 1. The van der Waals surface area contributed by atoms with Gasteiger partial charge in [0, 0.05) is 7.37 Å². The molecule has 12 heavy (non-hydrogen) atoms. The molecule has 0 aliphatic heterocycles. The smallest absolute Gasteiger partial charge is 0.799 e. The van der Waals surface area contributed by atoms with E-state index in [1.54, 1.807) is 0 Å². The van der Waals surface area contributed by atoms with Crippen molar-refractivity contribution in [3.05, 3.63) is 0 Å². The van der Waals surface area contributed by atoms with Crippen LogP contribution in [0.15, 0.2) is 0 Å². The van der Waals surface area contributed by atoms with E-state index < -0.39 is 19.4 Å². The average molecular weight is 219 g/mol. The molecule has 0 spiro atoms. The van der Waals surface area contributed by atoms with E-state index >= 15 is 0 Å². The Morgan fingerprint density at radius 2 is 2.17 bits per heavy atom. The van der Waals surface area contributed by atoms with Crippen molar-refractivity contribution in [3.63, 3.8) is 0 Å². The minimum Gasteiger partial charge on any atom is -0.799 e. The summed E-state index contributed by atoms with van der Waals surface area (Å²) in [7, 11) is -3.35. The zero-order valence-corrected chi connectivity index (χ0v) is 11.2. The fourth-order valence-corrected chi connectivity index (χ4v) is 1.24. The maximum Gasteiger partial charge on any atom is 1.00 e. The van der Waals surface area contributed by atoms with Crippen LogP contribution in [0.4, 0.5) is 0 Å². The van der Waals surface area contributed by atoms with Crippen LogP contribution in [-0.4, -0.2) is 29.9 Å². The van der Waals surface area contributed by atoms with Gasteiger partial charge in [0.25, 0.3) is 0 Å². The molecule has 7 heteroatoms. The van der Waals surface area contributed by atoms with Gasteiger partial charge in [-0.05, 0) is 19.2 Å². The molecule has 0 radical (unpaired) electrons. The van der Waals surface area contributed by atoms with Crippen LogP contribution >= 0.6 is 7.37 Å². The van der Waals surface area contributed by atoms with E-state index in [9.17, 15) is 14.3 Å². The Labute approximate surface area is 114 Å². The molecule has 0 rings (SSSR count). The van der Waals surface area contributed by atoms with E-state index in [0.717, 1.165) is 6.66 Å². The first kappa shape index (κ1) is 15.7. The molecule has 3 N–H and O–H groups in total. The summed E-state index contributed by atoms with van der Waals surface area (Å²) in [6.45, 7) is 1.07. The summed E-state index contributed by atoms with van der Waals surface area (Å²) in [5.41, 5.74) is 5.06. The van der Waals surface area contributed by atoms with Gasteiger partial charge in [0.2, 0.25) is 0 Å². The van der Waals surface area contributed by atoms with E-state index in [1.807, 2.05) is 0 Å². The van der Waals surface area contributed by atoms with Gasteiger partial charge >= 0.3 is 57.4 Å². The van der Waals surface area contributed by atoms with Crippen molar-refractivity contribution < 1.29 is 70.7 Å². The number of rotatable bonds is 4. The van der Waals surface area contributed by atoms with Crippen molar-refractivity contribution in [3.8, 4) is 0 Å². The normalized spacial score (nSPS) is 17.2. The SMILES string of the molecule is CP(=O)([O-])CCC(N)C(=O)O.[K+]. The van der Waals surface area contributed by atoms with Crippen molar-refractivity contribution in [1.82, 2.24) is 0 Å². The summed E-state index contributed by atoms with van der Waals surface area (Å²) in [5.74, 6) is -1.17. The van der Waals surface area contributed by atoms with Gasteiger partial charge in [0.15, 0.2) is 0 Å². The molecule has 2 unspecified atom stereocenters. The first-order chi connectivity index (χ1) is 4.83. The van der Waals surface area contributed by atoms with Crippen LogP contribution in [0.25, 0.3) is 0 Å². The van der Waals surface area contributed by atoms with Crippen molar-refractivity contribution in [1.29, 1.82) is 0 Å². The van der Waals surface area contributed by atoms with Crippen LogP contribution in [0.2, 0.25) is 0 Å². The minimum absolute atomic E-state index is 0. The van der Waals surface area contributed by atoms with Gasteiger partial charge in [-0.1, -0.05) is 0 Å². The zero-order valence-electron chi connectivity index (χ0n) is 7.19. The van der Waals surface area contributed by atoms with E-state index in [4.69, 9.17) is 10.8 Å². The van der Waals surface area contributed by atoms with Gasteiger partial charge in [0.05, 0.1) is 0 Å². The van der Waals surface area contributed by atoms with Gasteiger partial charge in [-0.3, -0.25) is 4.79 Å². The molecule has 0 saturated heterocycles. The predicted octanol–water partition coefficient (Wildman–Crippen LogP) is -3.94. The van der Waals surface area contributed by atoms with Crippen molar-refractivity contribution >= 4 is 13.3 Å². The Morgan fingerprint density at radius 1 is 1.75 bits per heavy atom. The van der Waals surface area contributed by atoms with E-state index in [-0.39, 0.29) is 64.0 Å². The largest absolute Gasteiger partial charge is 1.00 e. The first-order valence-electron chi connectivity index (χ1n) is 3.09. The van der Waals surface area contributed by atoms with E-state index in [2.05, 4.69) is 0 Å². The minimum atomic E-state index is -3.35. The summed E-state index contributed by atoms with van der Waals surface area (Å²) < 4.78 is 10.5. The molecule has 5 nitrogen and oxygen atoms in total. The number of hydrogen-bond acceptors (Lipinski definition) is 4. The molecule has 2 atom stereocenters. The fourth-order valence-electron chi connectivity index (χ4n) is 0.497. The Hall–Kier alpha value is 1.26. The van der Waals surface area contributed by atoms with Gasteiger partial charge in [0.1, 0.15) is 6.04 Å². The molecule has 0 bridgehead atoms. The molecule has 0 heterocycles. The fraction of sp³-hybridized carbons (Fsp3) is 0.800. The van der Waals surface area contributed by atoms with Crippen LogP contribution in [0.1, 0.15) is 6.42 Å². The number of aliphatic carboxylic acids is 1. The second kappa shape index (κ2) is 6.67. The Morgan fingerprint density at radius 3 is 2.42 bits per heavy atom. The van der Waals surface area contributed by atoms with Crippen LogP contribution in [0, 0.1) is 0 Å². The third-order valence-corrected chi connectivity index (χ3v) is 2.23. The Kier molecular flexibility index (Phi) is 8.74. The Balaban J connectivity index is 0. The monoisotopic (exact) mass is 219 g/mol. The van der Waals surface area contributed by atoms with Crippen molar-refractivity contribution in [2.45, 2.75) is 12.5 Å². The van der Waals surface area contributed by atoms with Gasteiger partial charge in [-0.15, -0.1) is 0 Å². The molecule has 0 aliphatic rings. The average Bonchev–Trinajstić information content (AvgIpc) is 1.80. The third kappa shape index (κ3) is 9.35. The topological polar surface area (TPSA) is 103 Å². The summed E-state index contributed by atoms with van der Waals surface area (Å²) in [4.78, 5) is 20.6. The molecule has 0 fully saturated rings. The first-order valence-corrected chi connectivity index (χ1v) is 5.34. The molecular weight excluding hydrogens is 208 g/mol. The maximum absolute atomic E-state index is 10.5. The second-order valence-electron chi connectivity index (χ2n) is 2.47.